The fourth-order valence-corrected chi connectivity index (χ4v) is 2.39. The highest BCUT2D eigenvalue weighted by Gasteiger charge is 2.18. The van der Waals surface area contributed by atoms with Crippen LogP contribution in [0.5, 0.6) is 0 Å². The van der Waals surface area contributed by atoms with Gasteiger partial charge in [0, 0.05) is 13.6 Å². The summed E-state index contributed by atoms with van der Waals surface area (Å²) in [7, 11) is 1.97. The number of imidazole rings is 1. The molecule has 2 rings (SSSR count). The first kappa shape index (κ1) is 12.4. The van der Waals surface area contributed by atoms with Crippen LogP contribution in [0.1, 0.15) is 32.3 Å². The molecule has 0 saturated carbocycles. The van der Waals surface area contributed by atoms with E-state index in [1.807, 2.05) is 11.7 Å². The molecule has 2 aromatic rings. The number of alkyl halides is 1. The van der Waals surface area contributed by atoms with Gasteiger partial charge in [0.25, 0.3) is 0 Å². The fourth-order valence-electron chi connectivity index (χ4n) is 2.18. The molecule has 94 valence electrons. The third-order valence-electron chi connectivity index (χ3n) is 2.87. The fraction of sp³-hybridized carbons (Fsp3) is 0.667. The van der Waals surface area contributed by atoms with Gasteiger partial charge in [-0.2, -0.15) is 5.10 Å². The summed E-state index contributed by atoms with van der Waals surface area (Å²) >= 11 is 5.98. The molecule has 0 aliphatic rings. The van der Waals surface area contributed by atoms with E-state index >= 15 is 0 Å². The van der Waals surface area contributed by atoms with Gasteiger partial charge in [0.05, 0.1) is 11.6 Å². The maximum absolute atomic E-state index is 5.98. The van der Waals surface area contributed by atoms with Gasteiger partial charge in [0.15, 0.2) is 5.65 Å². The average molecular weight is 255 g/mol. The molecule has 0 N–H and O–H groups in total. The summed E-state index contributed by atoms with van der Waals surface area (Å²) < 4.78 is 4.11. The van der Waals surface area contributed by atoms with Crippen molar-refractivity contribution in [3.05, 3.63) is 11.5 Å². The number of hydrogen-bond acceptors (Lipinski definition) is 2. The van der Waals surface area contributed by atoms with Crippen molar-refractivity contribution in [3.8, 4) is 0 Å². The second kappa shape index (κ2) is 4.69. The molecule has 2 aromatic heterocycles. The first-order valence-corrected chi connectivity index (χ1v) is 6.58. The van der Waals surface area contributed by atoms with Crippen molar-refractivity contribution in [2.24, 2.45) is 13.0 Å². The molecule has 0 fully saturated rings. The quantitative estimate of drug-likeness (QED) is 0.787. The number of halogens is 1. The normalized spacial score (nSPS) is 11.9. The van der Waals surface area contributed by atoms with Crippen LogP contribution < -0.4 is 0 Å². The lowest BCUT2D eigenvalue weighted by atomic mass is 10.2. The number of fused-ring (bicyclic) bond motifs is 1. The highest BCUT2D eigenvalue weighted by atomic mass is 35.5. The monoisotopic (exact) mass is 254 g/mol. The van der Waals surface area contributed by atoms with E-state index in [9.17, 15) is 0 Å². The van der Waals surface area contributed by atoms with Crippen LogP contribution in [0, 0.1) is 5.92 Å². The molecule has 0 aromatic carbocycles. The lowest BCUT2D eigenvalue weighted by molar-refractivity contribution is 0.513. The molecule has 4 nitrogen and oxygen atoms in total. The maximum atomic E-state index is 5.98. The molecule has 0 spiro atoms. The molecule has 2 heterocycles. The molecule has 0 saturated heterocycles. The Hall–Kier alpha value is -1.03. The van der Waals surface area contributed by atoms with Crippen molar-refractivity contribution in [1.82, 2.24) is 19.3 Å². The molecule has 0 aliphatic heterocycles. The largest absolute Gasteiger partial charge is 0.312 e. The number of rotatable bonds is 4. The third-order valence-corrected chi connectivity index (χ3v) is 3.11. The van der Waals surface area contributed by atoms with Crippen LogP contribution in [-0.4, -0.2) is 19.3 Å². The molecule has 5 heteroatoms. The Morgan fingerprint density at radius 2 is 2.06 bits per heavy atom. The second-order valence-electron chi connectivity index (χ2n) is 4.76. The van der Waals surface area contributed by atoms with Gasteiger partial charge in [-0.15, -0.1) is 11.6 Å². The Morgan fingerprint density at radius 1 is 1.35 bits per heavy atom. The van der Waals surface area contributed by atoms with Gasteiger partial charge >= 0.3 is 0 Å². The van der Waals surface area contributed by atoms with E-state index in [-0.39, 0.29) is 0 Å². The summed E-state index contributed by atoms with van der Waals surface area (Å²) in [6, 6.07) is 0. The Bertz CT molecular complexity index is 524. The summed E-state index contributed by atoms with van der Waals surface area (Å²) in [5.41, 5.74) is 3.15. The molecular weight excluding hydrogens is 236 g/mol. The van der Waals surface area contributed by atoms with Gasteiger partial charge < -0.3 is 4.57 Å². The van der Waals surface area contributed by atoms with Crippen molar-refractivity contribution < 1.29 is 0 Å². The number of hydrogen-bond donors (Lipinski definition) is 0. The van der Waals surface area contributed by atoms with Gasteiger partial charge in [-0.05, 0) is 12.3 Å². The van der Waals surface area contributed by atoms with Crippen molar-refractivity contribution in [1.29, 1.82) is 0 Å². The first-order chi connectivity index (χ1) is 8.08. The summed E-state index contributed by atoms with van der Waals surface area (Å²) in [6.45, 7) is 7.42. The Kier molecular flexibility index (Phi) is 3.43. The minimum absolute atomic E-state index is 0.449. The molecule has 0 amide bonds. The van der Waals surface area contributed by atoms with Crippen molar-refractivity contribution in [2.45, 2.75) is 39.6 Å². The molecule has 0 atom stereocenters. The lowest BCUT2D eigenvalue weighted by Crippen LogP contribution is -2.10. The van der Waals surface area contributed by atoms with Crippen LogP contribution in [0.4, 0.5) is 0 Å². The highest BCUT2D eigenvalue weighted by Crippen LogP contribution is 2.22. The molecule has 0 bridgehead atoms. The highest BCUT2D eigenvalue weighted by molar-refractivity contribution is 6.16. The van der Waals surface area contributed by atoms with Crippen molar-refractivity contribution >= 4 is 22.8 Å². The van der Waals surface area contributed by atoms with Crippen LogP contribution >= 0.6 is 11.6 Å². The van der Waals surface area contributed by atoms with Crippen LogP contribution in [0.2, 0.25) is 0 Å². The molecular formula is C12H19ClN4. The van der Waals surface area contributed by atoms with E-state index < -0.39 is 0 Å². The lowest BCUT2D eigenvalue weighted by Gasteiger charge is -2.10. The van der Waals surface area contributed by atoms with E-state index in [0.717, 1.165) is 35.6 Å². The summed E-state index contributed by atoms with van der Waals surface area (Å²) in [4.78, 5) is 4.62. The van der Waals surface area contributed by atoms with Crippen LogP contribution in [0.3, 0.4) is 0 Å². The molecule has 0 radical (unpaired) electrons. The minimum atomic E-state index is 0.449. The predicted octanol–water partition coefficient (Wildman–Crippen LogP) is 2.73. The van der Waals surface area contributed by atoms with E-state index in [0.29, 0.717) is 11.8 Å². The van der Waals surface area contributed by atoms with E-state index in [1.54, 1.807) is 0 Å². The molecule has 0 aliphatic carbocycles. The van der Waals surface area contributed by atoms with Gasteiger partial charge in [-0.3, -0.25) is 4.68 Å². The number of aryl methyl sites for hydroxylation is 2. The van der Waals surface area contributed by atoms with Crippen LogP contribution in [0.15, 0.2) is 0 Å². The van der Waals surface area contributed by atoms with Gasteiger partial charge in [-0.1, -0.05) is 20.8 Å². The zero-order chi connectivity index (χ0) is 12.6. The Morgan fingerprint density at radius 3 is 2.59 bits per heavy atom. The van der Waals surface area contributed by atoms with E-state index in [2.05, 4.69) is 35.4 Å². The predicted molar refractivity (Wildman–Crippen MR) is 70.3 cm³/mol. The minimum Gasteiger partial charge on any atom is -0.312 e. The Balaban J connectivity index is 2.65. The zero-order valence-electron chi connectivity index (χ0n) is 10.9. The van der Waals surface area contributed by atoms with E-state index in [4.69, 9.17) is 11.6 Å². The standard InChI is InChI=1S/C12H19ClN4/c1-5-9-11-12(16(4)15-9)17(7-8(2)3)10(6-13)14-11/h8H,5-7H2,1-4H3. The van der Waals surface area contributed by atoms with Gasteiger partial charge in [-0.25, -0.2) is 4.98 Å². The SMILES string of the molecule is CCc1nn(C)c2c1nc(CCl)n2CC(C)C. The third kappa shape index (κ3) is 2.06. The number of nitrogens with zero attached hydrogens (tertiary/aromatic N) is 4. The zero-order valence-corrected chi connectivity index (χ0v) is 11.6. The van der Waals surface area contributed by atoms with Crippen molar-refractivity contribution in [3.63, 3.8) is 0 Å². The molecule has 17 heavy (non-hydrogen) atoms. The van der Waals surface area contributed by atoms with Crippen LogP contribution in [-0.2, 0) is 25.9 Å². The summed E-state index contributed by atoms with van der Waals surface area (Å²) in [6.07, 6.45) is 0.901. The Labute approximate surface area is 107 Å². The average Bonchev–Trinajstić information content (AvgIpc) is 2.77. The topological polar surface area (TPSA) is 35.6 Å². The van der Waals surface area contributed by atoms with E-state index in [1.165, 1.54) is 0 Å². The second-order valence-corrected chi connectivity index (χ2v) is 5.03. The van der Waals surface area contributed by atoms with Crippen molar-refractivity contribution in [2.75, 3.05) is 0 Å². The smallest absolute Gasteiger partial charge is 0.158 e. The number of aromatic nitrogens is 4. The van der Waals surface area contributed by atoms with Gasteiger partial charge in [0.2, 0.25) is 0 Å². The van der Waals surface area contributed by atoms with Crippen LogP contribution in [0.25, 0.3) is 11.2 Å². The first-order valence-electron chi connectivity index (χ1n) is 6.05. The summed E-state index contributed by atoms with van der Waals surface area (Å²) in [5, 5.41) is 4.50. The maximum Gasteiger partial charge on any atom is 0.158 e. The van der Waals surface area contributed by atoms with Gasteiger partial charge in [0.1, 0.15) is 11.3 Å². The summed E-state index contributed by atoms with van der Waals surface area (Å²) in [5.74, 6) is 1.96. The molecule has 0 unspecified atom stereocenters.